The zero-order valence-corrected chi connectivity index (χ0v) is 12.6. The quantitative estimate of drug-likeness (QED) is 0.680. The van der Waals surface area contributed by atoms with Crippen molar-refractivity contribution in [2.24, 2.45) is 0 Å². The van der Waals surface area contributed by atoms with Crippen molar-refractivity contribution < 1.29 is 14.4 Å². The summed E-state index contributed by atoms with van der Waals surface area (Å²) < 4.78 is 0. The van der Waals surface area contributed by atoms with Gasteiger partial charge in [-0.1, -0.05) is 19.9 Å². The average molecular weight is 291 g/mol. The topological polar surface area (TPSA) is 87.3 Å². The van der Waals surface area contributed by atoms with Gasteiger partial charge < -0.3 is 15.4 Å². The van der Waals surface area contributed by atoms with Gasteiger partial charge in [-0.15, -0.1) is 0 Å². The predicted molar refractivity (Wildman–Crippen MR) is 81.3 cm³/mol. The molecule has 21 heavy (non-hydrogen) atoms. The molecule has 1 aliphatic heterocycles. The van der Waals surface area contributed by atoms with Crippen LogP contribution in [0.2, 0.25) is 0 Å². The van der Waals surface area contributed by atoms with Gasteiger partial charge in [0.2, 0.25) is 0 Å². The van der Waals surface area contributed by atoms with Gasteiger partial charge in [0.15, 0.2) is 0 Å². The first-order chi connectivity index (χ1) is 10.1. The molecule has 6 heteroatoms. The van der Waals surface area contributed by atoms with Crippen LogP contribution in [0.15, 0.2) is 18.2 Å². The van der Waals surface area contributed by atoms with Crippen molar-refractivity contribution in [3.05, 3.63) is 29.3 Å². The first kappa shape index (κ1) is 16.7. The lowest BCUT2D eigenvalue weighted by molar-refractivity contribution is -0.123. The van der Waals surface area contributed by atoms with Gasteiger partial charge >= 0.3 is 6.03 Å². The number of fused-ring (bicyclic) bond motifs is 1. The van der Waals surface area contributed by atoms with Crippen LogP contribution in [0, 0.1) is 0 Å². The van der Waals surface area contributed by atoms with Gasteiger partial charge in [0.05, 0.1) is 0 Å². The molecule has 1 spiro atoms. The summed E-state index contributed by atoms with van der Waals surface area (Å²) in [4.78, 5) is 31.1. The van der Waals surface area contributed by atoms with Crippen LogP contribution in [0.3, 0.4) is 0 Å². The van der Waals surface area contributed by atoms with Crippen molar-refractivity contribution in [1.82, 2.24) is 10.6 Å². The number of hydrogen-bond donors (Lipinski definition) is 3. The number of benzene rings is 1. The van der Waals surface area contributed by atoms with E-state index in [-0.39, 0.29) is 5.91 Å². The van der Waals surface area contributed by atoms with E-state index in [4.69, 9.17) is 4.79 Å². The Morgan fingerprint density at radius 1 is 1.14 bits per heavy atom. The van der Waals surface area contributed by atoms with Crippen LogP contribution in [0.4, 0.5) is 10.5 Å². The minimum atomic E-state index is -0.758. The zero-order valence-electron chi connectivity index (χ0n) is 12.6. The highest BCUT2D eigenvalue weighted by molar-refractivity contribution is 6.07. The molecule has 6 nitrogen and oxygen atoms in total. The molecule has 1 atom stereocenters. The highest BCUT2D eigenvalue weighted by Gasteiger charge is 2.49. The van der Waals surface area contributed by atoms with E-state index in [9.17, 15) is 9.59 Å². The van der Waals surface area contributed by atoms with Gasteiger partial charge in [-0.2, -0.15) is 0 Å². The molecule has 2 aliphatic rings. The van der Waals surface area contributed by atoms with E-state index >= 15 is 0 Å². The maximum atomic E-state index is 11.8. The second-order valence-electron chi connectivity index (χ2n) is 4.58. The van der Waals surface area contributed by atoms with E-state index < -0.39 is 11.6 Å². The van der Waals surface area contributed by atoms with Gasteiger partial charge in [0.25, 0.3) is 5.91 Å². The van der Waals surface area contributed by atoms with Crippen molar-refractivity contribution >= 4 is 24.4 Å². The molecular formula is C15H21N3O3. The summed E-state index contributed by atoms with van der Waals surface area (Å²) in [7, 11) is 1.86. The number of carbonyl (C=O) groups is 3. The number of nitrogens with one attached hydrogen (secondary N) is 3. The van der Waals surface area contributed by atoms with Crippen LogP contribution in [-0.4, -0.2) is 31.3 Å². The number of hydrogen-bond acceptors (Lipinski definition) is 4. The predicted octanol–water partition coefficient (Wildman–Crippen LogP) is 1.25. The molecule has 3 amide bonds. The summed E-state index contributed by atoms with van der Waals surface area (Å²) in [5.74, 6) is -0.218. The van der Waals surface area contributed by atoms with E-state index in [1.54, 1.807) is 0 Å². The van der Waals surface area contributed by atoms with E-state index in [1.165, 1.54) is 0 Å². The lowest BCUT2D eigenvalue weighted by atomic mass is 9.96. The molecule has 3 N–H and O–H groups in total. The molecule has 0 radical (unpaired) electrons. The van der Waals surface area contributed by atoms with Crippen LogP contribution in [0.5, 0.6) is 0 Å². The van der Waals surface area contributed by atoms with E-state index in [0.29, 0.717) is 12.8 Å². The summed E-state index contributed by atoms with van der Waals surface area (Å²) in [6, 6.07) is 5.62. The summed E-state index contributed by atoms with van der Waals surface area (Å²) in [6.07, 6.45) is 1.14. The van der Waals surface area contributed by atoms with E-state index in [0.717, 1.165) is 16.8 Å². The Morgan fingerprint density at radius 2 is 1.76 bits per heavy atom. The largest absolute Gasteiger partial charge is 0.388 e. The molecule has 1 aromatic carbocycles. The Bertz CT molecular complexity index is 545. The molecule has 1 aliphatic carbocycles. The standard InChI is InChI=1S/C12H13N3O2.C2H6.CH2O/c1-13-9-3-2-7-5-12(6-8(7)4-9)10(16)14-11(17)15-12;2*1-2/h2-4,13H,5-6H2,1H3,(H2,14,15,16,17);1-2H3;1H2. The van der Waals surface area contributed by atoms with E-state index in [1.807, 2.05) is 45.9 Å². The molecule has 1 saturated heterocycles. The Kier molecular flexibility index (Phi) is 5.46. The smallest absolute Gasteiger partial charge is 0.322 e. The van der Waals surface area contributed by atoms with Gasteiger partial charge in [-0.25, -0.2) is 4.79 Å². The van der Waals surface area contributed by atoms with Gasteiger partial charge in [0.1, 0.15) is 12.3 Å². The number of anilines is 1. The van der Waals surface area contributed by atoms with Gasteiger partial charge in [0, 0.05) is 25.6 Å². The Balaban J connectivity index is 0.000000510. The van der Waals surface area contributed by atoms with Crippen LogP contribution in [0.25, 0.3) is 0 Å². The fraction of sp³-hybridized carbons (Fsp3) is 0.400. The summed E-state index contributed by atoms with van der Waals surface area (Å²) >= 11 is 0. The normalized spacial score (nSPS) is 21.3. The van der Waals surface area contributed by atoms with Gasteiger partial charge in [-0.3, -0.25) is 10.1 Å². The van der Waals surface area contributed by atoms with E-state index in [2.05, 4.69) is 16.0 Å². The van der Waals surface area contributed by atoms with Crippen molar-refractivity contribution in [2.75, 3.05) is 12.4 Å². The monoisotopic (exact) mass is 291 g/mol. The number of imide groups is 1. The summed E-state index contributed by atoms with van der Waals surface area (Å²) in [6.45, 7) is 6.00. The average Bonchev–Trinajstić information content (AvgIpc) is 3.01. The number of rotatable bonds is 1. The third-order valence-corrected chi connectivity index (χ3v) is 3.49. The Labute approximate surface area is 124 Å². The van der Waals surface area contributed by atoms with Crippen LogP contribution < -0.4 is 16.0 Å². The maximum absolute atomic E-state index is 11.8. The molecule has 1 fully saturated rings. The molecule has 0 bridgehead atoms. The van der Waals surface area contributed by atoms with Crippen LogP contribution >= 0.6 is 0 Å². The third kappa shape index (κ3) is 3.04. The third-order valence-electron chi connectivity index (χ3n) is 3.49. The first-order valence-corrected chi connectivity index (χ1v) is 6.85. The van der Waals surface area contributed by atoms with Crippen LogP contribution in [0.1, 0.15) is 25.0 Å². The lowest BCUT2D eigenvalue weighted by Crippen LogP contribution is -2.47. The Morgan fingerprint density at radius 3 is 2.29 bits per heavy atom. The minimum absolute atomic E-state index is 0.218. The maximum Gasteiger partial charge on any atom is 0.322 e. The highest BCUT2D eigenvalue weighted by Crippen LogP contribution is 2.33. The number of amides is 3. The van der Waals surface area contributed by atoms with Crippen molar-refractivity contribution in [3.8, 4) is 0 Å². The second kappa shape index (κ2) is 6.88. The number of urea groups is 1. The number of carbonyl (C=O) groups excluding carboxylic acids is 3. The minimum Gasteiger partial charge on any atom is -0.388 e. The highest BCUT2D eigenvalue weighted by atomic mass is 16.2. The second-order valence-corrected chi connectivity index (χ2v) is 4.58. The molecular weight excluding hydrogens is 270 g/mol. The fourth-order valence-electron chi connectivity index (χ4n) is 2.61. The van der Waals surface area contributed by atoms with Crippen LogP contribution in [-0.2, 0) is 22.4 Å². The molecule has 1 aromatic rings. The van der Waals surface area contributed by atoms with Crippen molar-refractivity contribution in [2.45, 2.75) is 32.2 Å². The summed E-state index contributed by atoms with van der Waals surface area (Å²) in [5, 5.41) is 8.12. The van der Waals surface area contributed by atoms with Crippen molar-refractivity contribution in [3.63, 3.8) is 0 Å². The molecule has 1 unspecified atom stereocenters. The van der Waals surface area contributed by atoms with Crippen molar-refractivity contribution in [1.29, 1.82) is 0 Å². The molecule has 0 saturated carbocycles. The molecule has 0 aromatic heterocycles. The molecule has 3 rings (SSSR count). The fourth-order valence-corrected chi connectivity index (χ4v) is 2.61. The molecule has 1 heterocycles. The molecule has 114 valence electrons. The SMILES string of the molecule is C=O.CC.CNc1ccc2c(c1)CC1(C2)NC(=O)NC1=O. The summed E-state index contributed by atoms with van der Waals surface area (Å²) in [5.41, 5.74) is 2.51. The lowest BCUT2D eigenvalue weighted by Gasteiger charge is -2.18. The van der Waals surface area contributed by atoms with Gasteiger partial charge in [-0.05, 0) is 23.3 Å². The zero-order chi connectivity index (χ0) is 16.0. The first-order valence-electron chi connectivity index (χ1n) is 6.85. The Hall–Kier alpha value is -2.37.